The average molecular weight is 261 g/mol. The summed E-state index contributed by atoms with van der Waals surface area (Å²) in [7, 11) is 0. The van der Waals surface area contributed by atoms with Gasteiger partial charge in [-0.3, -0.25) is 4.98 Å². The molecule has 0 amide bonds. The Kier molecular flexibility index (Phi) is 4.73. The van der Waals surface area contributed by atoms with E-state index < -0.39 is 0 Å². The van der Waals surface area contributed by atoms with E-state index in [2.05, 4.69) is 4.98 Å². The van der Waals surface area contributed by atoms with Gasteiger partial charge in [0.15, 0.2) is 0 Å². The molecular weight excluding hydrogens is 244 g/mol. The fourth-order valence-electron chi connectivity index (χ4n) is 1.90. The standard InChI is InChI=1S/C15H17ClN2/c16-13-6-4-12(5-7-13)11-14(17)8-9-15-3-1-2-10-18-15/h1-7,10,14H,8-9,11,17H2. The molecule has 2 N–H and O–H groups in total. The quantitative estimate of drug-likeness (QED) is 0.896. The first-order chi connectivity index (χ1) is 8.74. The van der Waals surface area contributed by atoms with Crippen molar-refractivity contribution in [3.8, 4) is 0 Å². The molecule has 18 heavy (non-hydrogen) atoms. The number of aryl methyl sites for hydroxylation is 1. The van der Waals surface area contributed by atoms with Crippen LogP contribution in [-0.4, -0.2) is 11.0 Å². The molecule has 1 atom stereocenters. The molecule has 0 bridgehead atoms. The molecule has 0 fully saturated rings. The van der Waals surface area contributed by atoms with Crippen LogP contribution in [0.2, 0.25) is 5.02 Å². The third-order valence-corrected chi connectivity index (χ3v) is 3.16. The van der Waals surface area contributed by atoms with E-state index >= 15 is 0 Å². The number of rotatable bonds is 5. The summed E-state index contributed by atoms with van der Waals surface area (Å²) < 4.78 is 0. The van der Waals surface area contributed by atoms with E-state index in [1.807, 2.05) is 48.7 Å². The average Bonchev–Trinajstić information content (AvgIpc) is 2.40. The molecular formula is C15H17ClN2. The Morgan fingerprint density at radius 2 is 1.89 bits per heavy atom. The van der Waals surface area contributed by atoms with E-state index in [0.717, 1.165) is 30.0 Å². The molecule has 1 aromatic carbocycles. The third kappa shape index (κ3) is 4.13. The van der Waals surface area contributed by atoms with Crippen LogP contribution in [0.4, 0.5) is 0 Å². The molecule has 1 aromatic heterocycles. The zero-order chi connectivity index (χ0) is 12.8. The van der Waals surface area contributed by atoms with Crippen molar-refractivity contribution in [1.29, 1.82) is 0 Å². The van der Waals surface area contributed by atoms with Crippen LogP contribution in [0.25, 0.3) is 0 Å². The monoisotopic (exact) mass is 260 g/mol. The number of pyridine rings is 1. The number of hydrogen-bond acceptors (Lipinski definition) is 2. The minimum atomic E-state index is 0.160. The van der Waals surface area contributed by atoms with Crippen LogP contribution >= 0.6 is 11.6 Å². The first-order valence-electron chi connectivity index (χ1n) is 6.14. The molecule has 2 aromatic rings. The molecule has 94 valence electrons. The van der Waals surface area contributed by atoms with E-state index in [1.54, 1.807) is 0 Å². The van der Waals surface area contributed by atoms with E-state index in [1.165, 1.54) is 5.56 Å². The van der Waals surface area contributed by atoms with Crippen molar-refractivity contribution in [1.82, 2.24) is 4.98 Å². The van der Waals surface area contributed by atoms with Crippen molar-refractivity contribution in [3.63, 3.8) is 0 Å². The smallest absolute Gasteiger partial charge is 0.0406 e. The molecule has 1 unspecified atom stereocenters. The Morgan fingerprint density at radius 3 is 2.56 bits per heavy atom. The van der Waals surface area contributed by atoms with Crippen LogP contribution in [0.1, 0.15) is 17.7 Å². The summed E-state index contributed by atoms with van der Waals surface area (Å²) in [6, 6.07) is 14.0. The number of hydrogen-bond donors (Lipinski definition) is 1. The van der Waals surface area contributed by atoms with E-state index in [9.17, 15) is 0 Å². The summed E-state index contributed by atoms with van der Waals surface area (Å²) in [5.74, 6) is 0. The van der Waals surface area contributed by atoms with Crippen LogP contribution in [0.15, 0.2) is 48.7 Å². The van der Waals surface area contributed by atoms with Crippen LogP contribution in [0.3, 0.4) is 0 Å². The van der Waals surface area contributed by atoms with Crippen molar-refractivity contribution < 1.29 is 0 Å². The highest BCUT2D eigenvalue weighted by molar-refractivity contribution is 6.30. The lowest BCUT2D eigenvalue weighted by atomic mass is 10.0. The number of benzene rings is 1. The van der Waals surface area contributed by atoms with E-state index in [0.29, 0.717) is 0 Å². The van der Waals surface area contributed by atoms with Crippen molar-refractivity contribution >= 4 is 11.6 Å². The van der Waals surface area contributed by atoms with Gasteiger partial charge in [-0.25, -0.2) is 0 Å². The van der Waals surface area contributed by atoms with Crippen molar-refractivity contribution in [3.05, 3.63) is 64.9 Å². The van der Waals surface area contributed by atoms with Crippen molar-refractivity contribution in [2.75, 3.05) is 0 Å². The third-order valence-electron chi connectivity index (χ3n) is 2.91. The summed E-state index contributed by atoms with van der Waals surface area (Å²) in [6.45, 7) is 0. The van der Waals surface area contributed by atoms with Crippen LogP contribution in [0.5, 0.6) is 0 Å². The van der Waals surface area contributed by atoms with Gasteiger partial charge in [-0.2, -0.15) is 0 Å². The second kappa shape index (κ2) is 6.53. The van der Waals surface area contributed by atoms with Crippen LogP contribution in [-0.2, 0) is 12.8 Å². The maximum absolute atomic E-state index is 6.13. The van der Waals surface area contributed by atoms with E-state index in [4.69, 9.17) is 17.3 Å². The SMILES string of the molecule is NC(CCc1ccccn1)Cc1ccc(Cl)cc1. The number of aromatic nitrogens is 1. The fourth-order valence-corrected chi connectivity index (χ4v) is 2.03. The lowest BCUT2D eigenvalue weighted by molar-refractivity contribution is 0.605. The Bertz CT molecular complexity index is 468. The van der Waals surface area contributed by atoms with Gasteiger partial charge in [0.25, 0.3) is 0 Å². The highest BCUT2D eigenvalue weighted by Gasteiger charge is 2.05. The largest absolute Gasteiger partial charge is 0.327 e. The van der Waals surface area contributed by atoms with Gasteiger partial charge in [0.2, 0.25) is 0 Å². The predicted octanol–water partition coefficient (Wildman–Crippen LogP) is 3.24. The Labute approximate surface area is 113 Å². The zero-order valence-corrected chi connectivity index (χ0v) is 11.0. The van der Waals surface area contributed by atoms with Gasteiger partial charge in [-0.15, -0.1) is 0 Å². The summed E-state index contributed by atoms with van der Waals surface area (Å²) in [5, 5.41) is 0.765. The maximum atomic E-state index is 6.13. The zero-order valence-electron chi connectivity index (χ0n) is 10.2. The van der Waals surface area contributed by atoms with Gasteiger partial charge in [0.1, 0.15) is 0 Å². The summed E-state index contributed by atoms with van der Waals surface area (Å²) >= 11 is 5.85. The molecule has 1 heterocycles. The number of nitrogens with two attached hydrogens (primary N) is 1. The van der Waals surface area contributed by atoms with Crippen molar-refractivity contribution in [2.24, 2.45) is 5.73 Å². The topological polar surface area (TPSA) is 38.9 Å². The highest BCUT2D eigenvalue weighted by Crippen LogP contribution is 2.12. The minimum Gasteiger partial charge on any atom is -0.327 e. The fraction of sp³-hybridized carbons (Fsp3) is 0.267. The first-order valence-corrected chi connectivity index (χ1v) is 6.52. The van der Waals surface area contributed by atoms with E-state index in [-0.39, 0.29) is 6.04 Å². The maximum Gasteiger partial charge on any atom is 0.0406 e. The first kappa shape index (κ1) is 13.1. The molecule has 0 aliphatic heterocycles. The molecule has 0 saturated carbocycles. The Hall–Kier alpha value is -1.38. The van der Waals surface area contributed by atoms with Gasteiger partial charge in [0.05, 0.1) is 0 Å². The normalized spacial score (nSPS) is 12.3. The molecule has 0 spiro atoms. The summed E-state index contributed by atoms with van der Waals surface area (Å²) in [4.78, 5) is 4.30. The molecule has 0 saturated heterocycles. The molecule has 2 rings (SSSR count). The number of nitrogens with zero attached hydrogens (tertiary/aromatic N) is 1. The molecule has 3 heteroatoms. The Morgan fingerprint density at radius 1 is 1.11 bits per heavy atom. The minimum absolute atomic E-state index is 0.160. The second-order valence-electron chi connectivity index (χ2n) is 4.45. The van der Waals surface area contributed by atoms with Gasteiger partial charge in [-0.1, -0.05) is 29.8 Å². The molecule has 0 aliphatic carbocycles. The second-order valence-corrected chi connectivity index (χ2v) is 4.89. The number of halogens is 1. The molecule has 0 radical (unpaired) electrons. The lowest BCUT2D eigenvalue weighted by Gasteiger charge is -2.11. The van der Waals surface area contributed by atoms with Crippen molar-refractivity contribution in [2.45, 2.75) is 25.3 Å². The van der Waals surface area contributed by atoms with Gasteiger partial charge < -0.3 is 5.73 Å². The lowest BCUT2D eigenvalue weighted by Crippen LogP contribution is -2.23. The van der Waals surface area contributed by atoms with Crippen LogP contribution in [0, 0.1) is 0 Å². The molecule has 2 nitrogen and oxygen atoms in total. The summed E-state index contributed by atoms with van der Waals surface area (Å²) in [5.41, 5.74) is 8.46. The Balaban J connectivity index is 1.82. The van der Waals surface area contributed by atoms with Crippen LogP contribution < -0.4 is 5.73 Å². The highest BCUT2D eigenvalue weighted by atomic mass is 35.5. The molecule has 0 aliphatic rings. The predicted molar refractivity (Wildman–Crippen MR) is 75.7 cm³/mol. The summed E-state index contributed by atoms with van der Waals surface area (Å²) in [6.07, 6.45) is 4.57. The van der Waals surface area contributed by atoms with Gasteiger partial charge in [0, 0.05) is 23.0 Å². The van der Waals surface area contributed by atoms with Gasteiger partial charge in [-0.05, 0) is 49.1 Å². The van der Waals surface area contributed by atoms with Gasteiger partial charge >= 0.3 is 0 Å².